The van der Waals surface area contributed by atoms with Gasteiger partial charge in [-0.05, 0) is 18.6 Å². The highest BCUT2D eigenvalue weighted by atomic mass is 19.1. The molecule has 4 heteroatoms. The Balaban J connectivity index is 0.00000137. The van der Waals surface area contributed by atoms with E-state index in [4.69, 9.17) is 0 Å². The largest absolute Gasteiger partial charge is 0.324 e. The molecule has 0 aliphatic carbocycles. The van der Waals surface area contributed by atoms with Crippen molar-refractivity contribution in [2.45, 2.75) is 27.3 Å². The molecule has 1 aromatic rings. The van der Waals surface area contributed by atoms with Crippen molar-refractivity contribution in [2.24, 2.45) is 0 Å². The maximum Gasteiger partial charge on any atom is 0.168 e. The maximum atomic E-state index is 12.8. The number of hydrogen-bond acceptors (Lipinski definition) is 2. The van der Waals surface area contributed by atoms with Gasteiger partial charge in [0, 0.05) is 6.54 Å². The number of imidazole rings is 1. The predicted octanol–water partition coefficient (Wildman–Crippen LogP) is 3.71. The van der Waals surface area contributed by atoms with E-state index in [1.165, 1.54) is 25.5 Å². The van der Waals surface area contributed by atoms with Crippen LogP contribution < -0.4 is 0 Å². The molecule has 0 saturated heterocycles. The number of allylic oxidation sites excluding steroid dienone is 5. The third-order valence-electron chi connectivity index (χ3n) is 1.93. The topological polar surface area (TPSA) is 34.9 Å². The van der Waals surface area contributed by atoms with E-state index in [0.29, 0.717) is 18.5 Å². The summed E-state index contributed by atoms with van der Waals surface area (Å²) in [7, 11) is 0. The smallest absolute Gasteiger partial charge is 0.168 e. The molecular weight excluding hydrogens is 231 g/mol. The number of carbonyl (C=O) groups is 1. The summed E-state index contributed by atoms with van der Waals surface area (Å²) in [6, 6.07) is 0. The number of aromatic nitrogens is 2. The van der Waals surface area contributed by atoms with Crippen LogP contribution in [0.15, 0.2) is 48.7 Å². The fourth-order valence-electron chi connectivity index (χ4n) is 1.31. The van der Waals surface area contributed by atoms with Crippen LogP contribution in [-0.2, 0) is 6.54 Å². The molecular formula is C14H19FN2O. The standard InChI is InChI=1S/C12H13FN2O.C2H6/c1-3-4-11(5-10(2)13)7-15-9-14-6-12(15)8-16;1-2/h3-6,8-9H,1,7H2,2H3;1-2H3/b10-5+,11-4+;. The van der Waals surface area contributed by atoms with Gasteiger partial charge in [-0.15, -0.1) is 0 Å². The fraction of sp³-hybridized carbons (Fsp3) is 0.286. The number of rotatable bonds is 5. The van der Waals surface area contributed by atoms with Crippen LogP contribution in [0.2, 0.25) is 0 Å². The first-order valence-corrected chi connectivity index (χ1v) is 5.78. The average Bonchev–Trinajstić information content (AvgIpc) is 2.78. The minimum absolute atomic E-state index is 0.291. The summed E-state index contributed by atoms with van der Waals surface area (Å²) < 4.78 is 14.4. The first-order valence-electron chi connectivity index (χ1n) is 5.78. The van der Waals surface area contributed by atoms with Crippen molar-refractivity contribution in [2.75, 3.05) is 0 Å². The number of halogens is 1. The Labute approximate surface area is 107 Å². The Morgan fingerprint density at radius 3 is 2.72 bits per heavy atom. The van der Waals surface area contributed by atoms with Gasteiger partial charge >= 0.3 is 0 Å². The second-order valence-corrected chi connectivity index (χ2v) is 3.27. The van der Waals surface area contributed by atoms with Crippen LogP contribution in [0.3, 0.4) is 0 Å². The van der Waals surface area contributed by atoms with Crippen LogP contribution in [0.4, 0.5) is 4.39 Å². The first kappa shape index (κ1) is 16.0. The van der Waals surface area contributed by atoms with Gasteiger partial charge in [-0.2, -0.15) is 0 Å². The molecule has 1 rings (SSSR count). The number of aldehydes is 1. The molecule has 0 spiro atoms. The molecule has 0 aliphatic rings. The number of hydrogen-bond donors (Lipinski definition) is 0. The Hall–Kier alpha value is -1.97. The van der Waals surface area contributed by atoms with Gasteiger partial charge in [0.1, 0.15) is 5.69 Å². The van der Waals surface area contributed by atoms with E-state index in [2.05, 4.69) is 11.6 Å². The summed E-state index contributed by atoms with van der Waals surface area (Å²) in [5.74, 6) is -0.291. The Kier molecular flexibility index (Phi) is 8.10. The molecule has 0 bridgehead atoms. The SMILES string of the molecule is C=C/C=C(\C=C(/C)F)Cn1cncc1C=O.CC. The lowest BCUT2D eigenvalue weighted by Gasteiger charge is -2.05. The van der Waals surface area contributed by atoms with Crippen molar-refractivity contribution >= 4 is 6.29 Å². The molecule has 0 atom stereocenters. The summed E-state index contributed by atoms with van der Waals surface area (Å²) >= 11 is 0. The van der Waals surface area contributed by atoms with E-state index < -0.39 is 0 Å². The third-order valence-corrected chi connectivity index (χ3v) is 1.93. The van der Waals surface area contributed by atoms with Crippen molar-refractivity contribution in [1.82, 2.24) is 9.55 Å². The zero-order valence-electron chi connectivity index (χ0n) is 11.1. The molecule has 0 amide bonds. The highest BCUT2D eigenvalue weighted by Gasteiger charge is 2.02. The molecule has 0 saturated carbocycles. The lowest BCUT2D eigenvalue weighted by atomic mass is 10.2. The number of nitrogens with zero attached hydrogens (tertiary/aromatic N) is 2. The normalized spacial score (nSPS) is 11.6. The molecule has 0 N–H and O–H groups in total. The quantitative estimate of drug-likeness (QED) is 0.590. The van der Waals surface area contributed by atoms with E-state index in [1.54, 1.807) is 16.7 Å². The van der Waals surface area contributed by atoms with E-state index >= 15 is 0 Å². The van der Waals surface area contributed by atoms with Crippen molar-refractivity contribution in [1.29, 1.82) is 0 Å². The summed E-state index contributed by atoms with van der Waals surface area (Å²) in [5.41, 5.74) is 1.18. The molecule has 98 valence electrons. The van der Waals surface area contributed by atoms with Gasteiger partial charge in [0.15, 0.2) is 6.29 Å². The maximum absolute atomic E-state index is 12.8. The zero-order valence-corrected chi connectivity index (χ0v) is 11.1. The average molecular weight is 250 g/mol. The van der Waals surface area contributed by atoms with Gasteiger partial charge in [0.05, 0.1) is 18.4 Å². The number of carbonyl (C=O) groups excluding carboxylic acids is 1. The lowest BCUT2D eigenvalue weighted by Crippen LogP contribution is -2.02. The molecule has 0 aromatic carbocycles. The Bertz CT molecular complexity index is 440. The van der Waals surface area contributed by atoms with Crippen LogP contribution in [0.5, 0.6) is 0 Å². The van der Waals surface area contributed by atoms with E-state index in [1.807, 2.05) is 13.8 Å². The molecule has 18 heavy (non-hydrogen) atoms. The van der Waals surface area contributed by atoms with Gasteiger partial charge in [0.25, 0.3) is 0 Å². The van der Waals surface area contributed by atoms with E-state index in [9.17, 15) is 9.18 Å². The fourth-order valence-corrected chi connectivity index (χ4v) is 1.31. The minimum atomic E-state index is -0.291. The second-order valence-electron chi connectivity index (χ2n) is 3.27. The zero-order chi connectivity index (χ0) is 14.0. The van der Waals surface area contributed by atoms with Crippen molar-refractivity contribution < 1.29 is 9.18 Å². The highest BCUT2D eigenvalue weighted by Crippen LogP contribution is 2.08. The van der Waals surface area contributed by atoms with Crippen LogP contribution in [0.25, 0.3) is 0 Å². The molecule has 0 radical (unpaired) electrons. The Morgan fingerprint density at radius 2 is 2.22 bits per heavy atom. The molecule has 0 fully saturated rings. The van der Waals surface area contributed by atoms with Crippen molar-refractivity contribution in [3.8, 4) is 0 Å². The first-order chi connectivity index (χ1) is 8.67. The van der Waals surface area contributed by atoms with Crippen LogP contribution >= 0.6 is 0 Å². The van der Waals surface area contributed by atoms with Gasteiger partial charge in [-0.3, -0.25) is 4.79 Å². The van der Waals surface area contributed by atoms with Crippen LogP contribution in [0, 0.1) is 0 Å². The summed E-state index contributed by atoms with van der Waals surface area (Å²) in [5, 5.41) is 0. The molecule has 1 heterocycles. The van der Waals surface area contributed by atoms with Gasteiger partial charge < -0.3 is 4.57 Å². The molecule has 0 unspecified atom stereocenters. The van der Waals surface area contributed by atoms with Gasteiger partial charge in [-0.1, -0.05) is 32.6 Å². The predicted molar refractivity (Wildman–Crippen MR) is 72.1 cm³/mol. The second kappa shape index (κ2) is 9.10. The summed E-state index contributed by atoms with van der Waals surface area (Å²) in [6.07, 6.45) is 8.37. The Morgan fingerprint density at radius 1 is 1.56 bits per heavy atom. The molecule has 0 aliphatic heterocycles. The summed E-state index contributed by atoms with van der Waals surface area (Å²) in [4.78, 5) is 14.5. The molecule has 3 nitrogen and oxygen atoms in total. The summed E-state index contributed by atoms with van der Waals surface area (Å²) in [6.45, 7) is 9.31. The third kappa shape index (κ3) is 5.39. The minimum Gasteiger partial charge on any atom is -0.324 e. The highest BCUT2D eigenvalue weighted by molar-refractivity contribution is 5.71. The van der Waals surface area contributed by atoms with Crippen molar-refractivity contribution in [3.05, 3.63) is 54.4 Å². The van der Waals surface area contributed by atoms with Crippen LogP contribution in [0.1, 0.15) is 31.3 Å². The van der Waals surface area contributed by atoms with E-state index in [-0.39, 0.29) is 5.83 Å². The monoisotopic (exact) mass is 250 g/mol. The van der Waals surface area contributed by atoms with Crippen molar-refractivity contribution in [3.63, 3.8) is 0 Å². The van der Waals surface area contributed by atoms with E-state index in [0.717, 1.165) is 5.57 Å². The van der Waals surface area contributed by atoms with Crippen LogP contribution in [-0.4, -0.2) is 15.8 Å². The molecule has 1 aromatic heterocycles. The van der Waals surface area contributed by atoms with Gasteiger partial charge in [0.2, 0.25) is 0 Å². The lowest BCUT2D eigenvalue weighted by molar-refractivity contribution is 0.111. The van der Waals surface area contributed by atoms with Gasteiger partial charge in [-0.25, -0.2) is 9.37 Å².